The number of rotatable bonds is 4. The van der Waals surface area contributed by atoms with Crippen LogP contribution in [0.3, 0.4) is 0 Å². The van der Waals surface area contributed by atoms with E-state index in [4.69, 9.17) is 9.90 Å². The van der Waals surface area contributed by atoms with Crippen molar-refractivity contribution in [2.45, 2.75) is 44.3 Å². The average molecular weight is 477 g/mol. The standard InChI is InChI=1S/C22H25N3O2.C2HF3O2/c26-20(13-17-5-2-1-3-6-17)25-11-8-22(9-12-25)14-19(15-22)24-21(27)18-7-4-10-23-16-18;3-2(4,5)1(6)7/h1-7,10,16,19H,8-9,11-15H2,(H,24,27);(H,6,7). The van der Waals surface area contributed by atoms with E-state index in [0.29, 0.717) is 17.4 Å². The quantitative estimate of drug-likeness (QED) is 0.703. The van der Waals surface area contributed by atoms with Crippen LogP contribution in [0.1, 0.15) is 41.6 Å². The van der Waals surface area contributed by atoms with Gasteiger partial charge in [-0.2, -0.15) is 13.2 Å². The lowest BCUT2D eigenvalue weighted by molar-refractivity contribution is -0.192. The van der Waals surface area contributed by atoms with Gasteiger partial charge in [-0.05, 0) is 48.8 Å². The number of aliphatic carboxylic acids is 1. The van der Waals surface area contributed by atoms with Crippen molar-refractivity contribution in [1.29, 1.82) is 0 Å². The summed E-state index contributed by atoms with van der Waals surface area (Å²) in [5, 5.41) is 10.2. The van der Waals surface area contributed by atoms with Gasteiger partial charge in [0.25, 0.3) is 5.91 Å². The molecule has 1 spiro atoms. The van der Waals surface area contributed by atoms with Crippen LogP contribution in [0.15, 0.2) is 54.9 Å². The van der Waals surface area contributed by atoms with E-state index in [1.165, 1.54) is 0 Å². The van der Waals surface area contributed by atoms with Gasteiger partial charge in [-0.15, -0.1) is 0 Å². The Balaban J connectivity index is 0.000000406. The second-order valence-corrected chi connectivity index (χ2v) is 8.67. The van der Waals surface area contributed by atoms with Gasteiger partial charge in [0, 0.05) is 31.5 Å². The molecule has 0 radical (unpaired) electrons. The first-order valence-corrected chi connectivity index (χ1v) is 10.9. The van der Waals surface area contributed by atoms with Crippen molar-refractivity contribution in [2.24, 2.45) is 5.41 Å². The van der Waals surface area contributed by atoms with E-state index in [9.17, 15) is 22.8 Å². The van der Waals surface area contributed by atoms with Crippen molar-refractivity contribution in [3.63, 3.8) is 0 Å². The molecule has 182 valence electrons. The predicted molar refractivity (Wildman–Crippen MR) is 117 cm³/mol. The van der Waals surface area contributed by atoms with Crippen molar-refractivity contribution in [1.82, 2.24) is 15.2 Å². The minimum absolute atomic E-state index is 0.0431. The SMILES string of the molecule is O=C(NC1CC2(CCN(C(=O)Cc3ccccc3)CC2)C1)c1cccnc1.O=C(O)C(F)(F)F. The van der Waals surface area contributed by atoms with E-state index in [1.807, 2.05) is 35.2 Å². The normalized spacial score (nSPS) is 17.2. The molecule has 1 aliphatic carbocycles. The molecule has 1 aliphatic heterocycles. The van der Waals surface area contributed by atoms with Crippen molar-refractivity contribution in [3.8, 4) is 0 Å². The number of carboxylic acid groups (broad SMARTS) is 1. The Morgan fingerprint density at radius 2 is 1.68 bits per heavy atom. The van der Waals surface area contributed by atoms with E-state index in [1.54, 1.807) is 24.5 Å². The summed E-state index contributed by atoms with van der Waals surface area (Å²) >= 11 is 0. The number of likely N-dealkylation sites (tertiary alicyclic amines) is 1. The Morgan fingerprint density at radius 1 is 1.06 bits per heavy atom. The van der Waals surface area contributed by atoms with Crippen LogP contribution in [0.2, 0.25) is 0 Å². The van der Waals surface area contributed by atoms with Gasteiger partial charge >= 0.3 is 12.1 Å². The molecule has 1 aromatic carbocycles. The molecule has 34 heavy (non-hydrogen) atoms. The number of hydrogen-bond acceptors (Lipinski definition) is 4. The number of carbonyl (C=O) groups excluding carboxylic acids is 2. The number of piperidine rings is 1. The topological polar surface area (TPSA) is 99.6 Å². The molecule has 0 bridgehead atoms. The number of nitrogens with zero attached hydrogens (tertiary/aromatic N) is 2. The minimum atomic E-state index is -5.08. The largest absolute Gasteiger partial charge is 0.490 e. The Kier molecular flexibility index (Phi) is 7.90. The minimum Gasteiger partial charge on any atom is -0.475 e. The van der Waals surface area contributed by atoms with Crippen LogP contribution in [0.5, 0.6) is 0 Å². The van der Waals surface area contributed by atoms with E-state index < -0.39 is 12.1 Å². The average Bonchev–Trinajstić information content (AvgIpc) is 2.79. The number of amides is 2. The number of halogens is 3. The third kappa shape index (κ3) is 6.79. The van der Waals surface area contributed by atoms with E-state index >= 15 is 0 Å². The van der Waals surface area contributed by atoms with E-state index in [-0.39, 0.29) is 17.9 Å². The first kappa shape index (κ1) is 25.2. The molecule has 7 nitrogen and oxygen atoms in total. The molecule has 2 N–H and O–H groups in total. The van der Waals surface area contributed by atoms with Crippen LogP contribution in [0.25, 0.3) is 0 Å². The lowest BCUT2D eigenvalue weighted by atomic mass is 9.60. The van der Waals surface area contributed by atoms with E-state index in [2.05, 4.69) is 10.3 Å². The number of aromatic nitrogens is 1. The molecule has 4 rings (SSSR count). The van der Waals surface area contributed by atoms with Crippen molar-refractivity contribution < 1.29 is 32.7 Å². The fourth-order valence-electron chi connectivity index (χ4n) is 4.37. The summed E-state index contributed by atoms with van der Waals surface area (Å²) in [5.74, 6) is -2.58. The second kappa shape index (κ2) is 10.7. The molecule has 2 aliphatic rings. The first-order valence-electron chi connectivity index (χ1n) is 10.9. The number of carboxylic acids is 1. The zero-order valence-electron chi connectivity index (χ0n) is 18.4. The summed E-state index contributed by atoms with van der Waals surface area (Å²) < 4.78 is 31.7. The van der Waals surface area contributed by atoms with Crippen molar-refractivity contribution in [3.05, 3.63) is 66.0 Å². The van der Waals surface area contributed by atoms with Gasteiger partial charge in [-0.1, -0.05) is 30.3 Å². The highest BCUT2D eigenvalue weighted by atomic mass is 19.4. The van der Waals surface area contributed by atoms with Gasteiger partial charge < -0.3 is 15.3 Å². The molecule has 2 fully saturated rings. The fraction of sp³-hybridized carbons (Fsp3) is 0.417. The summed E-state index contributed by atoms with van der Waals surface area (Å²) in [6, 6.07) is 13.7. The molecular formula is C24H26F3N3O4. The summed E-state index contributed by atoms with van der Waals surface area (Å²) in [6.07, 6.45) is 2.76. The van der Waals surface area contributed by atoms with Crippen LogP contribution < -0.4 is 5.32 Å². The van der Waals surface area contributed by atoms with Crippen LogP contribution in [0, 0.1) is 5.41 Å². The predicted octanol–water partition coefficient (Wildman–Crippen LogP) is 3.46. The van der Waals surface area contributed by atoms with Gasteiger partial charge in [-0.25, -0.2) is 4.79 Å². The zero-order valence-corrected chi connectivity index (χ0v) is 18.4. The fourth-order valence-corrected chi connectivity index (χ4v) is 4.37. The van der Waals surface area contributed by atoms with Crippen molar-refractivity contribution >= 4 is 17.8 Å². The smallest absolute Gasteiger partial charge is 0.475 e. The molecular weight excluding hydrogens is 451 g/mol. The first-order chi connectivity index (χ1) is 16.1. The summed E-state index contributed by atoms with van der Waals surface area (Å²) in [5.41, 5.74) is 1.99. The molecule has 2 aromatic rings. The highest BCUT2D eigenvalue weighted by Crippen LogP contribution is 2.49. The Hall–Kier alpha value is -3.43. The third-order valence-electron chi connectivity index (χ3n) is 6.24. The Morgan fingerprint density at radius 3 is 2.21 bits per heavy atom. The second-order valence-electron chi connectivity index (χ2n) is 8.67. The molecule has 1 saturated heterocycles. The highest BCUT2D eigenvalue weighted by molar-refractivity contribution is 5.94. The van der Waals surface area contributed by atoms with Crippen molar-refractivity contribution in [2.75, 3.05) is 13.1 Å². The van der Waals surface area contributed by atoms with Crippen LogP contribution in [-0.4, -0.2) is 58.1 Å². The molecule has 0 atom stereocenters. The van der Waals surface area contributed by atoms with Crippen LogP contribution >= 0.6 is 0 Å². The maximum atomic E-state index is 12.5. The molecule has 2 amide bonds. The number of pyridine rings is 1. The highest BCUT2D eigenvalue weighted by Gasteiger charge is 2.46. The molecule has 1 saturated carbocycles. The zero-order chi connectivity index (χ0) is 24.8. The van der Waals surface area contributed by atoms with Gasteiger partial charge in [0.15, 0.2) is 0 Å². The number of nitrogens with one attached hydrogen (secondary N) is 1. The van der Waals surface area contributed by atoms with Gasteiger partial charge in [0.1, 0.15) is 0 Å². The number of benzene rings is 1. The molecule has 1 aromatic heterocycles. The van der Waals surface area contributed by atoms with E-state index in [0.717, 1.165) is 44.3 Å². The summed E-state index contributed by atoms with van der Waals surface area (Å²) in [4.78, 5) is 39.6. The van der Waals surface area contributed by atoms with Gasteiger partial charge in [0.2, 0.25) is 5.91 Å². The Labute approximate surface area is 195 Å². The number of carbonyl (C=O) groups is 3. The molecule has 2 heterocycles. The Bertz CT molecular complexity index is 984. The maximum Gasteiger partial charge on any atom is 0.490 e. The monoisotopic (exact) mass is 477 g/mol. The number of alkyl halides is 3. The lowest BCUT2D eigenvalue weighted by Gasteiger charge is -2.52. The van der Waals surface area contributed by atoms with Gasteiger partial charge in [-0.3, -0.25) is 14.6 Å². The van der Waals surface area contributed by atoms with Crippen LogP contribution in [-0.2, 0) is 16.0 Å². The van der Waals surface area contributed by atoms with Gasteiger partial charge in [0.05, 0.1) is 12.0 Å². The molecule has 0 unspecified atom stereocenters. The summed E-state index contributed by atoms with van der Waals surface area (Å²) in [7, 11) is 0. The summed E-state index contributed by atoms with van der Waals surface area (Å²) in [6.45, 7) is 1.66. The molecule has 10 heteroatoms. The third-order valence-corrected chi connectivity index (χ3v) is 6.24. The van der Waals surface area contributed by atoms with Crippen LogP contribution in [0.4, 0.5) is 13.2 Å². The number of hydrogen-bond donors (Lipinski definition) is 2. The maximum absolute atomic E-state index is 12.5. The lowest BCUT2D eigenvalue weighted by Crippen LogP contribution is -2.55.